The lowest BCUT2D eigenvalue weighted by molar-refractivity contribution is 0.968. The molecule has 0 fully saturated rings. The molecule has 1 aromatic carbocycles. The first-order chi connectivity index (χ1) is 8.08. The number of thiophene rings is 1. The molecule has 0 nitrogen and oxygen atoms in total. The van der Waals surface area contributed by atoms with Gasteiger partial charge in [-0.25, -0.2) is 0 Å². The van der Waals surface area contributed by atoms with Gasteiger partial charge in [0.25, 0.3) is 0 Å². The lowest BCUT2D eigenvalue weighted by Gasteiger charge is -2.09. The van der Waals surface area contributed by atoms with E-state index in [1.807, 2.05) is 6.92 Å². The van der Waals surface area contributed by atoms with Gasteiger partial charge in [0.1, 0.15) is 0 Å². The van der Waals surface area contributed by atoms with Gasteiger partial charge in [0, 0.05) is 9.35 Å². The fraction of sp³-hybridized carbons (Fsp3) is 0.231. The SMILES string of the molecule is Cc1csc(C(Br)Cc2ccc(Br)cc2)c1Cl. The van der Waals surface area contributed by atoms with Crippen LogP contribution >= 0.6 is 54.8 Å². The summed E-state index contributed by atoms with van der Waals surface area (Å²) in [4.78, 5) is 1.50. The van der Waals surface area contributed by atoms with Gasteiger partial charge < -0.3 is 0 Å². The molecule has 0 saturated carbocycles. The third kappa shape index (κ3) is 3.34. The minimum absolute atomic E-state index is 0.287. The van der Waals surface area contributed by atoms with Crippen molar-refractivity contribution in [1.29, 1.82) is 0 Å². The normalized spacial score (nSPS) is 12.7. The molecule has 1 atom stereocenters. The van der Waals surface area contributed by atoms with Gasteiger partial charge >= 0.3 is 0 Å². The van der Waals surface area contributed by atoms with Gasteiger partial charge in [0.2, 0.25) is 0 Å². The molecule has 0 saturated heterocycles. The van der Waals surface area contributed by atoms with E-state index in [1.165, 1.54) is 10.4 Å². The first kappa shape index (κ1) is 13.6. The molecule has 0 aliphatic heterocycles. The monoisotopic (exact) mass is 392 g/mol. The van der Waals surface area contributed by atoms with E-state index < -0.39 is 0 Å². The van der Waals surface area contributed by atoms with E-state index in [1.54, 1.807) is 11.3 Å². The molecule has 0 bridgehead atoms. The maximum absolute atomic E-state index is 6.27. The maximum atomic E-state index is 6.27. The van der Waals surface area contributed by atoms with Crippen LogP contribution in [0.15, 0.2) is 34.1 Å². The molecule has 0 aliphatic rings. The molecule has 1 unspecified atom stereocenters. The van der Waals surface area contributed by atoms with Crippen LogP contribution in [-0.4, -0.2) is 0 Å². The van der Waals surface area contributed by atoms with E-state index in [0.717, 1.165) is 21.5 Å². The molecular weight excluding hydrogens is 383 g/mol. The Morgan fingerprint density at radius 3 is 2.47 bits per heavy atom. The Labute approximate surface area is 127 Å². The van der Waals surface area contributed by atoms with E-state index >= 15 is 0 Å². The zero-order chi connectivity index (χ0) is 12.4. The fourth-order valence-corrected chi connectivity index (χ4v) is 4.21. The Kier molecular flexibility index (Phi) is 4.70. The van der Waals surface area contributed by atoms with Crippen LogP contribution in [0.4, 0.5) is 0 Å². The molecule has 1 aromatic heterocycles. The quantitative estimate of drug-likeness (QED) is 0.548. The lowest BCUT2D eigenvalue weighted by Crippen LogP contribution is -1.93. The average Bonchev–Trinajstić information content (AvgIpc) is 2.63. The Morgan fingerprint density at radius 1 is 1.29 bits per heavy atom. The van der Waals surface area contributed by atoms with Gasteiger partial charge in [0.15, 0.2) is 0 Å². The largest absolute Gasteiger partial charge is 0.146 e. The Morgan fingerprint density at radius 2 is 1.94 bits per heavy atom. The van der Waals surface area contributed by atoms with Gasteiger partial charge in [-0.3, -0.25) is 0 Å². The zero-order valence-electron chi connectivity index (χ0n) is 9.21. The minimum Gasteiger partial charge on any atom is -0.146 e. The van der Waals surface area contributed by atoms with Crippen LogP contribution in [0.2, 0.25) is 5.02 Å². The van der Waals surface area contributed by atoms with Gasteiger partial charge in [-0.2, -0.15) is 0 Å². The van der Waals surface area contributed by atoms with Crippen LogP contribution in [0.25, 0.3) is 0 Å². The average molecular weight is 395 g/mol. The predicted octanol–water partition coefficient (Wildman–Crippen LogP) is 6.15. The smallest absolute Gasteiger partial charge is 0.0585 e. The van der Waals surface area contributed by atoms with Crippen LogP contribution in [0.1, 0.15) is 20.8 Å². The molecule has 0 amide bonds. The topological polar surface area (TPSA) is 0 Å². The van der Waals surface area contributed by atoms with Crippen molar-refractivity contribution in [1.82, 2.24) is 0 Å². The molecule has 17 heavy (non-hydrogen) atoms. The molecule has 1 heterocycles. The van der Waals surface area contributed by atoms with E-state index in [2.05, 4.69) is 61.5 Å². The van der Waals surface area contributed by atoms with Crippen molar-refractivity contribution in [3.63, 3.8) is 0 Å². The van der Waals surface area contributed by atoms with Crippen LogP contribution < -0.4 is 0 Å². The number of rotatable bonds is 3. The first-order valence-electron chi connectivity index (χ1n) is 5.20. The van der Waals surface area contributed by atoms with Gasteiger partial charge in [-0.05, 0) is 42.0 Å². The zero-order valence-corrected chi connectivity index (χ0v) is 14.0. The summed E-state index contributed by atoms with van der Waals surface area (Å²) < 4.78 is 1.11. The summed E-state index contributed by atoms with van der Waals surface area (Å²) in [6, 6.07) is 8.39. The van der Waals surface area contributed by atoms with Crippen LogP contribution in [-0.2, 0) is 6.42 Å². The molecule has 90 valence electrons. The van der Waals surface area contributed by atoms with Crippen molar-refractivity contribution >= 4 is 54.8 Å². The third-order valence-corrected chi connectivity index (χ3v) is 5.98. The summed E-state index contributed by atoms with van der Waals surface area (Å²) >= 11 is 15.1. The number of aryl methyl sites for hydroxylation is 1. The number of hydrogen-bond donors (Lipinski definition) is 0. The van der Waals surface area contributed by atoms with E-state index in [0.29, 0.717) is 0 Å². The van der Waals surface area contributed by atoms with Crippen molar-refractivity contribution in [2.75, 3.05) is 0 Å². The highest BCUT2D eigenvalue weighted by molar-refractivity contribution is 9.10. The number of hydrogen-bond acceptors (Lipinski definition) is 1. The number of benzene rings is 1. The second-order valence-electron chi connectivity index (χ2n) is 3.90. The highest BCUT2D eigenvalue weighted by atomic mass is 79.9. The van der Waals surface area contributed by atoms with Crippen LogP contribution in [0, 0.1) is 6.92 Å². The highest BCUT2D eigenvalue weighted by Crippen LogP contribution is 2.38. The molecule has 0 N–H and O–H groups in total. The van der Waals surface area contributed by atoms with Gasteiger partial charge in [-0.1, -0.05) is 55.6 Å². The van der Waals surface area contributed by atoms with Crippen molar-refractivity contribution in [2.45, 2.75) is 18.2 Å². The van der Waals surface area contributed by atoms with E-state index in [9.17, 15) is 0 Å². The molecule has 2 aromatic rings. The third-order valence-electron chi connectivity index (χ3n) is 2.54. The van der Waals surface area contributed by atoms with E-state index in [4.69, 9.17) is 11.6 Å². The molecular formula is C13H11Br2ClS. The summed E-state index contributed by atoms with van der Waals surface area (Å²) in [6.45, 7) is 2.04. The maximum Gasteiger partial charge on any atom is 0.0585 e. The molecule has 0 aliphatic carbocycles. The molecule has 4 heteroatoms. The second-order valence-corrected chi connectivity index (χ2v) is 7.21. The number of alkyl halides is 1. The first-order valence-corrected chi connectivity index (χ1v) is 8.16. The summed E-state index contributed by atoms with van der Waals surface area (Å²) in [5.74, 6) is 0. The van der Waals surface area contributed by atoms with Gasteiger partial charge in [0.05, 0.1) is 9.85 Å². The predicted molar refractivity (Wildman–Crippen MR) is 83.6 cm³/mol. The molecule has 2 rings (SSSR count). The van der Waals surface area contributed by atoms with Crippen LogP contribution in [0.3, 0.4) is 0 Å². The van der Waals surface area contributed by atoms with E-state index in [-0.39, 0.29) is 4.83 Å². The Hall–Kier alpha value is 0.170. The number of halogens is 3. The minimum atomic E-state index is 0.287. The van der Waals surface area contributed by atoms with Crippen molar-refractivity contribution in [3.05, 3.63) is 55.1 Å². The Balaban J connectivity index is 2.14. The Bertz CT molecular complexity index is 505. The lowest BCUT2D eigenvalue weighted by atomic mass is 10.1. The van der Waals surface area contributed by atoms with Crippen molar-refractivity contribution in [2.24, 2.45) is 0 Å². The summed E-state index contributed by atoms with van der Waals surface area (Å²) in [5.41, 5.74) is 2.46. The van der Waals surface area contributed by atoms with Gasteiger partial charge in [-0.15, -0.1) is 11.3 Å². The van der Waals surface area contributed by atoms with Crippen LogP contribution in [0.5, 0.6) is 0 Å². The fourth-order valence-electron chi connectivity index (χ4n) is 1.58. The molecule has 0 spiro atoms. The highest BCUT2D eigenvalue weighted by Gasteiger charge is 2.15. The summed E-state index contributed by atoms with van der Waals surface area (Å²) in [5, 5.41) is 3.00. The van der Waals surface area contributed by atoms with Crippen molar-refractivity contribution < 1.29 is 0 Å². The standard InChI is InChI=1S/C13H11Br2ClS/c1-8-7-17-13(12(8)16)11(15)6-9-2-4-10(14)5-3-9/h2-5,7,11H,6H2,1H3. The summed E-state index contributed by atoms with van der Waals surface area (Å²) in [7, 11) is 0. The molecule has 0 radical (unpaired) electrons. The van der Waals surface area contributed by atoms with Crippen molar-refractivity contribution in [3.8, 4) is 0 Å². The summed E-state index contributed by atoms with van der Waals surface area (Å²) in [6.07, 6.45) is 0.951. The second kappa shape index (κ2) is 5.87.